The second-order valence-corrected chi connectivity index (χ2v) is 9.54. The summed E-state index contributed by atoms with van der Waals surface area (Å²) in [5.74, 6) is -0.209. The van der Waals surface area contributed by atoms with E-state index in [4.69, 9.17) is 0 Å². The molecule has 1 fully saturated rings. The third kappa shape index (κ3) is 5.30. The summed E-state index contributed by atoms with van der Waals surface area (Å²) in [6.45, 7) is 4.42. The lowest BCUT2D eigenvalue weighted by Crippen LogP contribution is -2.36. The van der Waals surface area contributed by atoms with E-state index in [9.17, 15) is 13.2 Å². The lowest BCUT2D eigenvalue weighted by Gasteiger charge is -2.22. The van der Waals surface area contributed by atoms with Crippen LogP contribution in [0.2, 0.25) is 0 Å². The van der Waals surface area contributed by atoms with Gasteiger partial charge in [-0.2, -0.15) is 4.31 Å². The van der Waals surface area contributed by atoms with Gasteiger partial charge in [0.15, 0.2) is 0 Å². The fraction of sp³-hybridized carbons (Fsp3) is 0.632. The summed E-state index contributed by atoms with van der Waals surface area (Å²) in [5, 5.41) is 3.10. The summed E-state index contributed by atoms with van der Waals surface area (Å²) in [4.78, 5) is 12.9. The topological polar surface area (TPSA) is 66.5 Å². The molecule has 0 aliphatic heterocycles. The van der Waals surface area contributed by atoms with E-state index in [-0.39, 0.29) is 16.8 Å². The molecule has 5 nitrogen and oxygen atoms in total. The SMILES string of the molecule is CCN(CC)S(=O)(=O)c1ccc(Br)c(C(=O)NC2CCCCCCC2)c1. The predicted octanol–water partition coefficient (Wildman–Crippen LogP) is 4.32. The van der Waals surface area contributed by atoms with Gasteiger partial charge in [-0.1, -0.05) is 46.0 Å². The Morgan fingerprint density at radius 3 is 2.27 bits per heavy atom. The molecule has 1 amide bonds. The number of carbonyl (C=O) groups is 1. The third-order valence-electron chi connectivity index (χ3n) is 4.97. The first-order valence-corrected chi connectivity index (χ1v) is 11.7. The molecule has 0 saturated heterocycles. The monoisotopic (exact) mass is 444 g/mol. The van der Waals surface area contributed by atoms with Gasteiger partial charge in [-0.25, -0.2) is 8.42 Å². The number of carbonyl (C=O) groups excluding carboxylic acids is 1. The first-order chi connectivity index (χ1) is 12.4. The maximum Gasteiger partial charge on any atom is 0.252 e. The largest absolute Gasteiger partial charge is 0.349 e. The zero-order chi connectivity index (χ0) is 19.2. The van der Waals surface area contributed by atoms with Crippen LogP contribution in [-0.2, 0) is 10.0 Å². The van der Waals surface area contributed by atoms with Crippen molar-refractivity contribution >= 4 is 31.9 Å². The highest BCUT2D eigenvalue weighted by molar-refractivity contribution is 9.10. The second kappa shape index (κ2) is 9.85. The quantitative estimate of drug-likeness (QED) is 0.709. The maximum absolute atomic E-state index is 12.8. The van der Waals surface area contributed by atoms with Crippen molar-refractivity contribution in [3.63, 3.8) is 0 Å². The number of amides is 1. The average molecular weight is 445 g/mol. The lowest BCUT2D eigenvalue weighted by atomic mass is 9.96. The van der Waals surface area contributed by atoms with E-state index in [1.807, 2.05) is 13.8 Å². The normalized spacial score (nSPS) is 16.9. The summed E-state index contributed by atoms with van der Waals surface area (Å²) < 4.78 is 27.5. The Morgan fingerprint density at radius 1 is 1.12 bits per heavy atom. The minimum atomic E-state index is -3.59. The van der Waals surface area contributed by atoms with E-state index in [1.165, 1.54) is 29.6 Å². The van der Waals surface area contributed by atoms with Crippen molar-refractivity contribution in [2.75, 3.05) is 13.1 Å². The van der Waals surface area contributed by atoms with E-state index >= 15 is 0 Å². The number of halogens is 1. The summed E-state index contributed by atoms with van der Waals surface area (Å²) in [7, 11) is -3.59. The van der Waals surface area contributed by atoms with Gasteiger partial charge in [0, 0.05) is 23.6 Å². The average Bonchev–Trinajstić information content (AvgIpc) is 2.58. The van der Waals surface area contributed by atoms with Crippen molar-refractivity contribution in [1.82, 2.24) is 9.62 Å². The summed E-state index contributed by atoms with van der Waals surface area (Å²) in [5.41, 5.74) is 0.375. The molecule has 1 aromatic rings. The van der Waals surface area contributed by atoms with Crippen LogP contribution in [0.1, 0.15) is 69.2 Å². The van der Waals surface area contributed by atoms with Crippen LogP contribution < -0.4 is 5.32 Å². The first-order valence-electron chi connectivity index (χ1n) is 9.50. The van der Waals surface area contributed by atoms with E-state index in [0.29, 0.717) is 23.1 Å². The van der Waals surface area contributed by atoms with Crippen LogP contribution in [0.15, 0.2) is 27.6 Å². The Morgan fingerprint density at radius 2 is 1.69 bits per heavy atom. The highest BCUT2D eigenvalue weighted by Gasteiger charge is 2.24. The highest BCUT2D eigenvalue weighted by atomic mass is 79.9. The number of hydrogen-bond acceptors (Lipinski definition) is 3. The number of nitrogens with zero attached hydrogens (tertiary/aromatic N) is 1. The molecule has 0 aromatic heterocycles. The maximum atomic E-state index is 12.8. The first kappa shape index (κ1) is 21.4. The highest BCUT2D eigenvalue weighted by Crippen LogP contribution is 2.24. The molecule has 0 spiro atoms. The smallest absolute Gasteiger partial charge is 0.252 e. The van der Waals surface area contributed by atoms with Gasteiger partial charge < -0.3 is 5.32 Å². The molecule has 0 bridgehead atoms. The van der Waals surface area contributed by atoms with E-state index < -0.39 is 10.0 Å². The number of nitrogens with one attached hydrogen (secondary N) is 1. The third-order valence-corrected chi connectivity index (χ3v) is 7.70. The van der Waals surface area contributed by atoms with Crippen LogP contribution in [0.4, 0.5) is 0 Å². The van der Waals surface area contributed by atoms with Crippen LogP contribution in [0.5, 0.6) is 0 Å². The Kier molecular flexibility index (Phi) is 8.10. The predicted molar refractivity (Wildman–Crippen MR) is 108 cm³/mol. The molecular weight excluding hydrogens is 416 g/mol. The minimum Gasteiger partial charge on any atom is -0.349 e. The number of benzene rings is 1. The molecule has 0 unspecified atom stereocenters. The second-order valence-electron chi connectivity index (χ2n) is 6.75. The standard InChI is InChI=1S/C19H29BrN2O3S/c1-3-22(4-2)26(24,25)16-12-13-18(20)17(14-16)19(23)21-15-10-8-6-5-7-9-11-15/h12-15H,3-11H2,1-2H3,(H,21,23). The molecule has 1 N–H and O–H groups in total. The van der Waals surface area contributed by atoms with Gasteiger partial charge in [0.25, 0.3) is 5.91 Å². The molecule has 1 aromatic carbocycles. The van der Waals surface area contributed by atoms with E-state index in [1.54, 1.807) is 12.1 Å². The van der Waals surface area contributed by atoms with Crippen molar-refractivity contribution in [3.05, 3.63) is 28.2 Å². The van der Waals surface area contributed by atoms with Crippen molar-refractivity contribution in [3.8, 4) is 0 Å². The zero-order valence-electron chi connectivity index (χ0n) is 15.6. The Bertz CT molecular complexity index is 709. The van der Waals surface area contributed by atoms with Crippen molar-refractivity contribution in [1.29, 1.82) is 0 Å². The van der Waals surface area contributed by atoms with Crippen molar-refractivity contribution in [2.24, 2.45) is 0 Å². The van der Waals surface area contributed by atoms with Gasteiger partial charge in [0.05, 0.1) is 10.5 Å². The number of rotatable bonds is 6. The van der Waals surface area contributed by atoms with E-state index in [2.05, 4.69) is 21.2 Å². The van der Waals surface area contributed by atoms with E-state index in [0.717, 1.165) is 25.7 Å². The summed E-state index contributed by atoms with van der Waals surface area (Å²) in [6, 6.07) is 4.83. The zero-order valence-corrected chi connectivity index (χ0v) is 18.0. The fourth-order valence-electron chi connectivity index (χ4n) is 3.42. The molecule has 1 aliphatic carbocycles. The molecule has 7 heteroatoms. The van der Waals surface area contributed by atoms with Gasteiger partial charge in [0.2, 0.25) is 10.0 Å². The molecule has 1 aliphatic rings. The van der Waals surface area contributed by atoms with Gasteiger partial charge in [0.1, 0.15) is 0 Å². The van der Waals surface area contributed by atoms with Crippen LogP contribution in [0.25, 0.3) is 0 Å². The summed E-state index contributed by atoms with van der Waals surface area (Å²) in [6.07, 6.45) is 7.94. The van der Waals surface area contributed by atoms with Crippen LogP contribution in [-0.4, -0.2) is 37.8 Å². The Labute approximate surface area is 165 Å². The van der Waals surface area contributed by atoms with Crippen LogP contribution >= 0.6 is 15.9 Å². The van der Waals surface area contributed by atoms with Crippen LogP contribution in [0.3, 0.4) is 0 Å². The Balaban J connectivity index is 2.21. The van der Waals surface area contributed by atoms with Gasteiger partial charge in [-0.05, 0) is 47.0 Å². The van der Waals surface area contributed by atoms with Gasteiger partial charge in [-0.15, -0.1) is 0 Å². The molecule has 2 rings (SSSR count). The Hall–Kier alpha value is -0.920. The van der Waals surface area contributed by atoms with Gasteiger partial charge >= 0.3 is 0 Å². The van der Waals surface area contributed by atoms with Crippen molar-refractivity contribution in [2.45, 2.75) is 69.7 Å². The molecule has 0 radical (unpaired) electrons. The number of sulfonamides is 1. The fourth-order valence-corrected chi connectivity index (χ4v) is 5.33. The molecule has 0 heterocycles. The molecule has 26 heavy (non-hydrogen) atoms. The van der Waals surface area contributed by atoms with Crippen LogP contribution in [0, 0.1) is 0 Å². The minimum absolute atomic E-state index is 0.159. The molecule has 146 valence electrons. The summed E-state index contributed by atoms with van der Waals surface area (Å²) >= 11 is 3.39. The molecule has 1 saturated carbocycles. The van der Waals surface area contributed by atoms with Gasteiger partial charge in [-0.3, -0.25) is 4.79 Å². The van der Waals surface area contributed by atoms with Crippen molar-refractivity contribution < 1.29 is 13.2 Å². The molecule has 0 atom stereocenters. The lowest BCUT2D eigenvalue weighted by molar-refractivity contribution is 0.0929. The number of hydrogen-bond donors (Lipinski definition) is 1. The molecular formula is C19H29BrN2O3S.